The van der Waals surface area contributed by atoms with Gasteiger partial charge in [-0.3, -0.25) is 4.79 Å². The highest BCUT2D eigenvalue weighted by Gasteiger charge is 2.28. The van der Waals surface area contributed by atoms with Crippen molar-refractivity contribution < 1.29 is 4.79 Å². The summed E-state index contributed by atoms with van der Waals surface area (Å²) in [6.45, 7) is 5.23. The minimum absolute atomic E-state index is 0.150. The lowest BCUT2D eigenvalue weighted by atomic mass is 9.94. The molecule has 2 unspecified atom stereocenters. The van der Waals surface area contributed by atoms with Gasteiger partial charge in [0.2, 0.25) is 0 Å². The van der Waals surface area contributed by atoms with Crippen LogP contribution in [0.4, 0.5) is 0 Å². The SMILES string of the molecule is CC1CCC(C)N(C(=O)c2ccccc2Br)C1. The molecule has 1 aliphatic heterocycles. The summed E-state index contributed by atoms with van der Waals surface area (Å²) in [5.41, 5.74) is 0.772. The quantitative estimate of drug-likeness (QED) is 0.773. The third kappa shape index (κ3) is 2.71. The van der Waals surface area contributed by atoms with Gasteiger partial charge in [0.05, 0.1) is 5.56 Å². The van der Waals surface area contributed by atoms with Crippen molar-refractivity contribution in [3.63, 3.8) is 0 Å². The molecule has 0 N–H and O–H groups in total. The number of amides is 1. The van der Waals surface area contributed by atoms with Crippen LogP contribution in [0.25, 0.3) is 0 Å². The van der Waals surface area contributed by atoms with Gasteiger partial charge in [-0.25, -0.2) is 0 Å². The van der Waals surface area contributed by atoms with Gasteiger partial charge >= 0.3 is 0 Å². The fourth-order valence-electron chi connectivity index (χ4n) is 2.36. The minimum Gasteiger partial charge on any atom is -0.336 e. The van der Waals surface area contributed by atoms with Gasteiger partial charge in [0.15, 0.2) is 0 Å². The highest BCUT2D eigenvalue weighted by molar-refractivity contribution is 9.10. The molecule has 2 nitrogen and oxygen atoms in total. The fourth-order valence-corrected chi connectivity index (χ4v) is 2.82. The molecule has 0 spiro atoms. The number of hydrogen-bond donors (Lipinski definition) is 0. The monoisotopic (exact) mass is 295 g/mol. The van der Waals surface area contributed by atoms with Gasteiger partial charge in [-0.05, 0) is 53.7 Å². The lowest BCUT2D eigenvalue weighted by Gasteiger charge is -2.37. The van der Waals surface area contributed by atoms with E-state index in [1.54, 1.807) is 0 Å². The lowest BCUT2D eigenvalue weighted by molar-refractivity contribution is 0.0573. The maximum Gasteiger partial charge on any atom is 0.255 e. The number of carbonyl (C=O) groups is 1. The van der Waals surface area contributed by atoms with E-state index < -0.39 is 0 Å². The van der Waals surface area contributed by atoms with Gasteiger partial charge in [0.1, 0.15) is 0 Å². The van der Waals surface area contributed by atoms with Crippen LogP contribution in [0.2, 0.25) is 0 Å². The summed E-state index contributed by atoms with van der Waals surface area (Å²) in [6.07, 6.45) is 2.33. The summed E-state index contributed by atoms with van der Waals surface area (Å²) in [5.74, 6) is 0.758. The molecule has 92 valence electrons. The summed E-state index contributed by atoms with van der Waals surface area (Å²) in [4.78, 5) is 14.5. The van der Waals surface area contributed by atoms with E-state index in [0.717, 1.165) is 23.0 Å². The van der Waals surface area contributed by atoms with E-state index in [-0.39, 0.29) is 5.91 Å². The molecule has 2 atom stereocenters. The second-order valence-corrected chi connectivity index (χ2v) is 5.82. The summed E-state index contributed by atoms with van der Waals surface area (Å²) < 4.78 is 0.885. The highest BCUT2D eigenvalue weighted by Crippen LogP contribution is 2.25. The number of halogens is 1. The molecule has 1 aliphatic rings. The van der Waals surface area contributed by atoms with Crippen molar-refractivity contribution in [2.45, 2.75) is 32.7 Å². The first kappa shape index (κ1) is 12.6. The number of nitrogens with zero attached hydrogens (tertiary/aromatic N) is 1. The second-order valence-electron chi connectivity index (χ2n) is 4.97. The molecule has 1 heterocycles. The lowest BCUT2D eigenvalue weighted by Crippen LogP contribution is -2.45. The predicted octanol–water partition coefficient (Wildman–Crippen LogP) is 3.71. The van der Waals surface area contributed by atoms with Gasteiger partial charge in [-0.2, -0.15) is 0 Å². The van der Waals surface area contributed by atoms with E-state index in [1.165, 1.54) is 6.42 Å². The molecule has 1 aromatic rings. The summed E-state index contributed by atoms with van der Waals surface area (Å²) in [6, 6.07) is 8.01. The molecule has 1 fully saturated rings. The van der Waals surface area contributed by atoms with E-state index in [1.807, 2.05) is 29.2 Å². The first-order valence-corrected chi connectivity index (χ1v) is 6.94. The number of benzene rings is 1. The third-order valence-corrected chi connectivity index (χ3v) is 4.17. The zero-order chi connectivity index (χ0) is 12.4. The summed E-state index contributed by atoms with van der Waals surface area (Å²) in [5, 5.41) is 0. The largest absolute Gasteiger partial charge is 0.336 e. The maximum absolute atomic E-state index is 12.5. The van der Waals surface area contributed by atoms with Crippen LogP contribution in [0.5, 0.6) is 0 Å². The van der Waals surface area contributed by atoms with Crippen molar-refractivity contribution in [3.8, 4) is 0 Å². The van der Waals surface area contributed by atoms with Crippen molar-refractivity contribution in [2.75, 3.05) is 6.54 Å². The number of hydrogen-bond acceptors (Lipinski definition) is 1. The molecule has 3 heteroatoms. The van der Waals surface area contributed by atoms with Crippen LogP contribution in [0.3, 0.4) is 0 Å². The Morgan fingerprint density at radius 2 is 2.00 bits per heavy atom. The minimum atomic E-state index is 0.150. The number of carbonyl (C=O) groups excluding carboxylic acids is 1. The van der Waals surface area contributed by atoms with Gasteiger partial charge in [0.25, 0.3) is 5.91 Å². The van der Waals surface area contributed by atoms with Crippen molar-refractivity contribution in [1.29, 1.82) is 0 Å². The van der Waals surface area contributed by atoms with Crippen molar-refractivity contribution in [3.05, 3.63) is 34.3 Å². The molecule has 2 rings (SSSR count). The Labute approximate surface area is 111 Å². The Morgan fingerprint density at radius 3 is 2.71 bits per heavy atom. The van der Waals surface area contributed by atoms with Crippen LogP contribution < -0.4 is 0 Å². The predicted molar refractivity (Wildman–Crippen MR) is 73.0 cm³/mol. The second kappa shape index (κ2) is 5.21. The van der Waals surface area contributed by atoms with Crippen LogP contribution >= 0.6 is 15.9 Å². The molecule has 0 bridgehead atoms. The van der Waals surface area contributed by atoms with Crippen LogP contribution in [-0.2, 0) is 0 Å². The zero-order valence-corrected chi connectivity index (χ0v) is 11.9. The Balaban J connectivity index is 2.22. The van der Waals surface area contributed by atoms with E-state index in [9.17, 15) is 4.79 Å². The van der Waals surface area contributed by atoms with Crippen LogP contribution in [0, 0.1) is 5.92 Å². The first-order chi connectivity index (χ1) is 8.09. The van der Waals surface area contributed by atoms with Crippen molar-refractivity contribution in [1.82, 2.24) is 4.90 Å². The fraction of sp³-hybridized carbons (Fsp3) is 0.500. The van der Waals surface area contributed by atoms with E-state index in [2.05, 4.69) is 29.8 Å². The van der Waals surface area contributed by atoms with Crippen LogP contribution in [0.1, 0.15) is 37.0 Å². The number of piperidine rings is 1. The molecule has 1 amide bonds. The molecule has 0 radical (unpaired) electrons. The van der Waals surface area contributed by atoms with Gasteiger partial charge in [-0.1, -0.05) is 19.1 Å². The molecular formula is C14H18BrNO. The van der Waals surface area contributed by atoms with Gasteiger partial charge in [0, 0.05) is 17.1 Å². The highest BCUT2D eigenvalue weighted by atomic mass is 79.9. The van der Waals surface area contributed by atoms with Crippen molar-refractivity contribution in [2.24, 2.45) is 5.92 Å². The maximum atomic E-state index is 12.5. The molecular weight excluding hydrogens is 278 g/mol. The number of likely N-dealkylation sites (tertiary alicyclic amines) is 1. The van der Waals surface area contributed by atoms with Crippen LogP contribution in [-0.4, -0.2) is 23.4 Å². The molecule has 1 aromatic carbocycles. The Hall–Kier alpha value is -0.830. The molecule has 1 saturated heterocycles. The number of rotatable bonds is 1. The Morgan fingerprint density at radius 1 is 1.29 bits per heavy atom. The standard InChI is InChI=1S/C14H18BrNO/c1-10-7-8-11(2)16(9-10)14(17)12-5-3-4-6-13(12)15/h3-6,10-11H,7-9H2,1-2H3. The van der Waals surface area contributed by atoms with E-state index in [0.29, 0.717) is 12.0 Å². The molecule has 0 aromatic heterocycles. The van der Waals surface area contributed by atoms with E-state index >= 15 is 0 Å². The summed E-state index contributed by atoms with van der Waals surface area (Å²) >= 11 is 3.45. The smallest absolute Gasteiger partial charge is 0.255 e. The molecule has 0 aliphatic carbocycles. The third-order valence-electron chi connectivity index (χ3n) is 3.48. The summed E-state index contributed by atoms with van der Waals surface area (Å²) in [7, 11) is 0. The topological polar surface area (TPSA) is 20.3 Å². The van der Waals surface area contributed by atoms with Crippen molar-refractivity contribution >= 4 is 21.8 Å². The van der Waals surface area contributed by atoms with E-state index in [4.69, 9.17) is 0 Å². The molecule has 0 saturated carbocycles. The average molecular weight is 296 g/mol. The Bertz CT molecular complexity index is 418. The van der Waals surface area contributed by atoms with Gasteiger partial charge in [-0.15, -0.1) is 0 Å². The Kier molecular flexibility index (Phi) is 3.87. The van der Waals surface area contributed by atoms with Crippen LogP contribution in [0.15, 0.2) is 28.7 Å². The normalized spacial score (nSPS) is 24.8. The average Bonchev–Trinajstić information content (AvgIpc) is 2.32. The first-order valence-electron chi connectivity index (χ1n) is 6.15. The molecule has 17 heavy (non-hydrogen) atoms. The zero-order valence-electron chi connectivity index (χ0n) is 10.3. The van der Waals surface area contributed by atoms with Gasteiger partial charge < -0.3 is 4.90 Å².